The maximum absolute atomic E-state index is 13.0. The third-order valence-corrected chi connectivity index (χ3v) is 8.13. The summed E-state index contributed by atoms with van der Waals surface area (Å²) in [5.41, 5.74) is -0.681. The van der Waals surface area contributed by atoms with Crippen LogP contribution in [-0.4, -0.2) is 120 Å². The summed E-state index contributed by atoms with van der Waals surface area (Å²) in [4.78, 5) is 43.1. The zero-order chi connectivity index (χ0) is 30.7. The predicted octanol–water partition coefficient (Wildman–Crippen LogP) is 3.26. The summed E-state index contributed by atoms with van der Waals surface area (Å²) in [7, 11) is 2.00. The summed E-state index contributed by atoms with van der Waals surface area (Å²) in [6.07, 6.45) is 8.26. The number of aliphatic hydroxyl groups is 2. The fourth-order valence-corrected chi connectivity index (χ4v) is 5.24. The number of cyclic esters (lactones) is 1. The van der Waals surface area contributed by atoms with Crippen LogP contribution in [0.4, 0.5) is 9.59 Å². The molecule has 2 amide bonds. The van der Waals surface area contributed by atoms with E-state index >= 15 is 0 Å². The minimum Gasteiger partial charge on any atom is -0.457 e. The Bertz CT molecular complexity index is 996. The summed E-state index contributed by atoms with van der Waals surface area (Å²) < 4.78 is 16.9. The Hall–Kier alpha value is -2.89. The average molecular weight is 592 g/mol. The molecule has 0 radical (unpaired) electrons. The number of carbonyl (C=O) groups is 3. The first-order valence-electron chi connectivity index (χ1n) is 15.1. The van der Waals surface area contributed by atoms with E-state index in [1.807, 2.05) is 39.1 Å². The van der Waals surface area contributed by atoms with Crippen LogP contribution in [0, 0.1) is 5.92 Å². The molecule has 42 heavy (non-hydrogen) atoms. The van der Waals surface area contributed by atoms with Gasteiger partial charge in [-0.15, -0.1) is 0 Å². The van der Waals surface area contributed by atoms with Crippen molar-refractivity contribution < 1.29 is 38.8 Å². The van der Waals surface area contributed by atoms with Crippen molar-refractivity contribution in [3.8, 4) is 0 Å². The lowest BCUT2D eigenvalue weighted by molar-refractivity contribution is -0.151. The van der Waals surface area contributed by atoms with Gasteiger partial charge >= 0.3 is 18.2 Å². The molecule has 3 aliphatic heterocycles. The normalized spacial score (nSPS) is 31.3. The van der Waals surface area contributed by atoms with Gasteiger partial charge in [-0.1, -0.05) is 31.2 Å². The number of likely N-dealkylation sites (tertiary alicyclic amines) is 1. The first kappa shape index (κ1) is 33.6. The quantitative estimate of drug-likeness (QED) is 0.157. The molecule has 0 aromatic carbocycles. The van der Waals surface area contributed by atoms with Gasteiger partial charge < -0.3 is 39.1 Å². The number of piperazine rings is 1. The summed E-state index contributed by atoms with van der Waals surface area (Å²) in [6, 6.07) is 0. The Morgan fingerprint density at radius 2 is 1.76 bits per heavy atom. The van der Waals surface area contributed by atoms with Gasteiger partial charge in [0.2, 0.25) is 0 Å². The molecule has 0 bridgehead atoms. The number of carbonyl (C=O) groups excluding carboxylic acids is 3. The SMILES string of the molecule is C/C(=C\C=C\CCOC(=O)N1CCCC1)[C@H]1OC(=O)C[C@H](O)CC[C@@](C)(O)[C@@H](OC(=O)N2CCN(C)CC2)/C=C/[C@@H]1C. The van der Waals surface area contributed by atoms with Gasteiger partial charge in [-0.3, -0.25) is 4.79 Å². The molecule has 11 nitrogen and oxygen atoms in total. The standard InChI is InChI=1S/C31H49N3O8/c1-23(10-6-5-9-21-40-29(37)33-15-7-8-16-33)28-24(2)11-12-26(41-30(38)34-19-17-32(4)18-20-34)31(3,39)14-13-25(35)22-27(36)42-28/h5-6,10-12,24-26,28,35,39H,7-9,13-22H2,1-4H3/b6-5+,12-11+,23-10+/t24-,25+,26-,28+,31+/m0/s1. The van der Waals surface area contributed by atoms with Crippen molar-refractivity contribution in [2.45, 2.75) is 83.2 Å². The molecular weight excluding hydrogens is 542 g/mol. The summed E-state index contributed by atoms with van der Waals surface area (Å²) in [6.45, 7) is 9.65. The Morgan fingerprint density at radius 3 is 2.45 bits per heavy atom. The molecule has 2 fully saturated rings. The lowest BCUT2D eigenvalue weighted by atomic mass is 9.89. The number of rotatable bonds is 6. The van der Waals surface area contributed by atoms with Crippen LogP contribution in [0.25, 0.3) is 0 Å². The van der Waals surface area contributed by atoms with E-state index in [0.29, 0.717) is 19.5 Å². The Balaban J connectivity index is 1.68. The number of amides is 2. The van der Waals surface area contributed by atoms with Gasteiger partial charge in [-0.25, -0.2) is 9.59 Å². The summed E-state index contributed by atoms with van der Waals surface area (Å²) in [5, 5.41) is 21.8. The third kappa shape index (κ3) is 10.4. The smallest absolute Gasteiger partial charge is 0.410 e. The van der Waals surface area contributed by atoms with Gasteiger partial charge in [0.15, 0.2) is 6.10 Å². The van der Waals surface area contributed by atoms with E-state index in [1.54, 1.807) is 28.9 Å². The Labute approximate surface area is 249 Å². The van der Waals surface area contributed by atoms with Gasteiger partial charge in [-0.2, -0.15) is 0 Å². The molecule has 11 heteroatoms. The Kier molecular flexibility index (Phi) is 12.9. The number of esters is 1. The minimum atomic E-state index is -1.45. The topological polar surface area (TPSA) is 129 Å². The van der Waals surface area contributed by atoms with Crippen molar-refractivity contribution in [2.75, 3.05) is 52.9 Å². The van der Waals surface area contributed by atoms with Crippen molar-refractivity contribution in [1.82, 2.24) is 14.7 Å². The van der Waals surface area contributed by atoms with Gasteiger partial charge in [0.25, 0.3) is 0 Å². The lowest BCUT2D eigenvalue weighted by Crippen LogP contribution is -2.50. The van der Waals surface area contributed by atoms with Crippen molar-refractivity contribution in [1.29, 1.82) is 0 Å². The average Bonchev–Trinajstić information content (AvgIpc) is 3.49. The molecule has 0 aliphatic carbocycles. The maximum Gasteiger partial charge on any atom is 0.410 e. The monoisotopic (exact) mass is 591 g/mol. The fourth-order valence-electron chi connectivity index (χ4n) is 5.24. The fraction of sp³-hybridized carbons (Fsp3) is 0.710. The zero-order valence-corrected chi connectivity index (χ0v) is 25.6. The first-order chi connectivity index (χ1) is 20.0. The number of hydrogen-bond acceptors (Lipinski definition) is 9. The molecule has 2 N–H and O–H groups in total. The van der Waals surface area contributed by atoms with E-state index in [1.165, 1.54) is 0 Å². The lowest BCUT2D eigenvalue weighted by Gasteiger charge is -2.36. The van der Waals surface area contributed by atoms with E-state index in [0.717, 1.165) is 44.6 Å². The second-order valence-electron chi connectivity index (χ2n) is 11.9. The highest BCUT2D eigenvalue weighted by atomic mass is 16.6. The predicted molar refractivity (Wildman–Crippen MR) is 158 cm³/mol. The highest BCUT2D eigenvalue weighted by Gasteiger charge is 2.36. The van der Waals surface area contributed by atoms with Crippen LogP contribution in [-0.2, 0) is 19.0 Å². The minimum absolute atomic E-state index is 0.126. The van der Waals surface area contributed by atoms with Crippen LogP contribution in [0.3, 0.4) is 0 Å². The van der Waals surface area contributed by atoms with Crippen LogP contribution >= 0.6 is 0 Å². The molecule has 3 rings (SSSR count). The maximum atomic E-state index is 13.0. The van der Waals surface area contributed by atoms with E-state index in [-0.39, 0.29) is 37.9 Å². The zero-order valence-electron chi connectivity index (χ0n) is 25.6. The molecular formula is C31H49N3O8. The molecule has 0 saturated carbocycles. The van der Waals surface area contributed by atoms with Crippen molar-refractivity contribution in [3.05, 3.63) is 36.0 Å². The molecule has 2 saturated heterocycles. The Morgan fingerprint density at radius 1 is 1.10 bits per heavy atom. The van der Waals surface area contributed by atoms with E-state index in [2.05, 4.69) is 4.90 Å². The van der Waals surface area contributed by atoms with Crippen LogP contribution in [0.15, 0.2) is 36.0 Å². The number of allylic oxidation sites excluding steroid dienone is 2. The second kappa shape index (κ2) is 16.1. The largest absolute Gasteiger partial charge is 0.457 e. The van der Waals surface area contributed by atoms with Crippen LogP contribution < -0.4 is 0 Å². The highest BCUT2D eigenvalue weighted by molar-refractivity contribution is 5.70. The van der Waals surface area contributed by atoms with Crippen LogP contribution in [0.1, 0.15) is 59.3 Å². The summed E-state index contributed by atoms with van der Waals surface area (Å²) in [5.74, 6) is -0.853. The van der Waals surface area contributed by atoms with Crippen molar-refractivity contribution in [2.24, 2.45) is 5.92 Å². The number of likely N-dealkylation sites (N-methyl/N-ethyl adjacent to an activating group) is 1. The molecule has 3 aliphatic rings. The van der Waals surface area contributed by atoms with Crippen molar-refractivity contribution in [3.63, 3.8) is 0 Å². The molecule has 0 aromatic heterocycles. The van der Waals surface area contributed by atoms with Crippen LogP contribution in [0.5, 0.6) is 0 Å². The molecule has 0 unspecified atom stereocenters. The highest BCUT2D eigenvalue weighted by Crippen LogP contribution is 2.27. The van der Waals surface area contributed by atoms with Crippen LogP contribution in [0.2, 0.25) is 0 Å². The number of ether oxygens (including phenoxy) is 3. The second-order valence-corrected chi connectivity index (χ2v) is 11.9. The van der Waals surface area contributed by atoms with Gasteiger partial charge in [0, 0.05) is 45.2 Å². The molecule has 236 valence electrons. The van der Waals surface area contributed by atoms with Crippen molar-refractivity contribution >= 4 is 18.2 Å². The molecule has 3 heterocycles. The number of nitrogens with zero attached hydrogens (tertiary/aromatic N) is 3. The molecule has 5 atom stereocenters. The van der Waals surface area contributed by atoms with E-state index in [9.17, 15) is 24.6 Å². The summed E-state index contributed by atoms with van der Waals surface area (Å²) >= 11 is 0. The van der Waals surface area contributed by atoms with Gasteiger partial charge in [0.05, 0.1) is 19.1 Å². The molecule has 0 aromatic rings. The number of hydrogen-bond donors (Lipinski definition) is 2. The van der Waals surface area contributed by atoms with Gasteiger partial charge in [-0.05, 0) is 64.6 Å². The van der Waals surface area contributed by atoms with Gasteiger partial charge in [0.1, 0.15) is 11.7 Å². The van der Waals surface area contributed by atoms with E-state index < -0.39 is 36.0 Å². The van der Waals surface area contributed by atoms with E-state index in [4.69, 9.17) is 14.2 Å². The first-order valence-corrected chi connectivity index (χ1v) is 15.1. The molecule has 0 spiro atoms. The number of aliphatic hydroxyl groups excluding tert-OH is 1. The third-order valence-electron chi connectivity index (χ3n) is 8.13.